The maximum atomic E-state index is 12.0. The fourth-order valence-corrected chi connectivity index (χ4v) is 2.11. The summed E-state index contributed by atoms with van der Waals surface area (Å²) in [6, 6.07) is 6.96. The minimum atomic E-state index is -1.16. The molecule has 2 rings (SSSR count). The number of fused-ring (bicyclic) bond motifs is 1. The minimum absolute atomic E-state index is 0.211. The molecule has 1 aromatic carbocycles. The van der Waals surface area contributed by atoms with Crippen molar-refractivity contribution in [3.05, 3.63) is 29.8 Å². The van der Waals surface area contributed by atoms with Gasteiger partial charge >= 0.3 is 6.09 Å². The molecular formula is C12H14N2O3. The summed E-state index contributed by atoms with van der Waals surface area (Å²) in [7, 11) is 1.67. The molecule has 0 aromatic heterocycles. The van der Waals surface area contributed by atoms with Crippen LogP contribution in [0.3, 0.4) is 0 Å². The smallest absolute Gasteiger partial charge is 0.405 e. The van der Waals surface area contributed by atoms with E-state index in [2.05, 4.69) is 5.32 Å². The first kappa shape index (κ1) is 11.4. The number of likely N-dealkylation sites (N-methyl/N-ethyl adjacent to an activating group) is 1. The van der Waals surface area contributed by atoms with Gasteiger partial charge in [-0.2, -0.15) is 0 Å². The highest BCUT2D eigenvalue weighted by Crippen LogP contribution is 2.25. The maximum Gasteiger partial charge on any atom is 0.405 e. The number of carboxylic acid groups (broad SMARTS) is 1. The minimum Gasteiger partial charge on any atom is -0.465 e. The van der Waals surface area contributed by atoms with Crippen LogP contribution in [0.2, 0.25) is 0 Å². The third-order valence-corrected chi connectivity index (χ3v) is 2.98. The first-order valence-electron chi connectivity index (χ1n) is 5.44. The molecule has 0 bridgehead atoms. The number of anilines is 1. The monoisotopic (exact) mass is 234 g/mol. The van der Waals surface area contributed by atoms with Crippen LogP contribution in [0.15, 0.2) is 24.3 Å². The largest absolute Gasteiger partial charge is 0.465 e. The van der Waals surface area contributed by atoms with Crippen LogP contribution >= 0.6 is 0 Å². The number of nitrogens with one attached hydrogen (secondary N) is 1. The molecule has 1 heterocycles. The average Bonchev–Trinajstić information content (AvgIpc) is 2.42. The Bertz CT molecular complexity index is 459. The van der Waals surface area contributed by atoms with E-state index in [0.29, 0.717) is 12.8 Å². The fourth-order valence-electron chi connectivity index (χ4n) is 2.11. The number of carbonyl (C=O) groups is 2. The first-order chi connectivity index (χ1) is 8.09. The van der Waals surface area contributed by atoms with Gasteiger partial charge in [0.1, 0.15) is 6.04 Å². The third kappa shape index (κ3) is 2.22. The summed E-state index contributed by atoms with van der Waals surface area (Å²) in [4.78, 5) is 24.2. The number of rotatable bonds is 1. The quantitative estimate of drug-likeness (QED) is 0.767. The SMILES string of the molecule is CN1C(=O)C(NC(=O)O)CCc2ccccc21. The maximum absolute atomic E-state index is 12.0. The molecule has 0 radical (unpaired) electrons. The Hall–Kier alpha value is -2.04. The highest BCUT2D eigenvalue weighted by atomic mass is 16.4. The van der Waals surface area contributed by atoms with Crippen molar-refractivity contribution >= 4 is 17.7 Å². The van der Waals surface area contributed by atoms with Gasteiger partial charge in [-0.15, -0.1) is 0 Å². The molecule has 0 aliphatic carbocycles. The van der Waals surface area contributed by atoms with Crippen molar-refractivity contribution in [2.45, 2.75) is 18.9 Å². The Labute approximate surface area is 99.0 Å². The van der Waals surface area contributed by atoms with Crippen LogP contribution in [0.1, 0.15) is 12.0 Å². The molecule has 2 amide bonds. The predicted molar refractivity (Wildman–Crippen MR) is 63.1 cm³/mol. The molecule has 1 aromatic rings. The second kappa shape index (κ2) is 4.45. The number of carbonyl (C=O) groups excluding carboxylic acids is 1. The zero-order valence-electron chi connectivity index (χ0n) is 9.51. The number of hydrogen-bond donors (Lipinski definition) is 2. The van der Waals surface area contributed by atoms with Gasteiger partial charge in [0.25, 0.3) is 0 Å². The third-order valence-electron chi connectivity index (χ3n) is 2.98. The lowest BCUT2D eigenvalue weighted by Crippen LogP contribution is -2.46. The van der Waals surface area contributed by atoms with Crippen LogP contribution in [0, 0.1) is 0 Å². The summed E-state index contributed by atoms with van der Waals surface area (Å²) in [5.41, 5.74) is 1.92. The van der Waals surface area contributed by atoms with Gasteiger partial charge in [0.2, 0.25) is 5.91 Å². The van der Waals surface area contributed by atoms with Crippen LogP contribution in [-0.2, 0) is 11.2 Å². The summed E-state index contributed by atoms with van der Waals surface area (Å²) in [6.07, 6.45) is 0.0201. The van der Waals surface area contributed by atoms with E-state index in [9.17, 15) is 9.59 Å². The molecule has 1 aliphatic rings. The van der Waals surface area contributed by atoms with E-state index in [0.717, 1.165) is 11.3 Å². The second-order valence-electron chi connectivity index (χ2n) is 4.07. The van der Waals surface area contributed by atoms with Gasteiger partial charge in [-0.05, 0) is 24.5 Å². The zero-order valence-corrected chi connectivity index (χ0v) is 9.51. The normalized spacial score (nSPS) is 19.5. The van der Waals surface area contributed by atoms with E-state index in [4.69, 9.17) is 5.11 Å². The van der Waals surface area contributed by atoms with Gasteiger partial charge in [-0.25, -0.2) is 4.79 Å². The fraction of sp³-hybridized carbons (Fsp3) is 0.333. The molecule has 5 heteroatoms. The van der Waals surface area contributed by atoms with Crippen LogP contribution in [0.5, 0.6) is 0 Å². The molecule has 0 spiro atoms. The Kier molecular flexibility index (Phi) is 2.99. The van der Waals surface area contributed by atoms with E-state index in [1.165, 1.54) is 4.90 Å². The molecule has 1 aliphatic heterocycles. The topological polar surface area (TPSA) is 69.6 Å². The van der Waals surface area contributed by atoms with Gasteiger partial charge in [0.15, 0.2) is 0 Å². The Morgan fingerprint density at radius 2 is 2.18 bits per heavy atom. The Balaban J connectivity index is 2.29. The number of amides is 2. The van der Waals surface area contributed by atoms with Crippen molar-refractivity contribution in [1.29, 1.82) is 0 Å². The summed E-state index contributed by atoms with van der Waals surface area (Å²) >= 11 is 0. The number of benzene rings is 1. The summed E-state index contributed by atoms with van der Waals surface area (Å²) in [6.45, 7) is 0. The molecule has 5 nitrogen and oxygen atoms in total. The number of nitrogens with zero attached hydrogens (tertiary/aromatic N) is 1. The lowest BCUT2D eigenvalue weighted by atomic mass is 10.1. The number of para-hydroxylation sites is 1. The molecular weight excluding hydrogens is 220 g/mol. The van der Waals surface area contributed by atoms with Crippen LogP contribution in [0.4, 0.5) is 10.5 Å². The van der Waals surface area contributed by atoms with Crippen LogP contribution in [0.25, 0.3) is 0 Å². The van der Waals surface area contributed by atoms with E-state index in [1.54, 1.807) is 7.05 Å². The van der Waals surface area contributed by atoms with Crippen molar-refractivity contribution in [2.24, 2.45) is 0 Å². The predicted octanol–water partition coefficient (Wildman–Crippen LogP) is 1.23. The van der Waals surface area contributed by atoms with Crippen molar-refractivity contribution in [3.63, 3.8) is 0 Å². The van der Waals surface area contributed by atoms with Crippen molar-refractivity contribution in [2.75, 3.05) is 11.9 Å². The summed E-state index contributed by atoms with van der Waals surface area (Å²) in [5, 5.41) is 11.0. The molecule has 17 heavy (non-hydrogen) atoms. The molecule has 0 saturated heterocycles. The highest BCUT2D eigenvalue weighted by molar-refractivity contribution is 5.99. The first-order valence-corrected chi connectivity index (χ1v) is 5.44. The second-order valence-corrected chi connectivity index (χ2v) is 4.07. The molecule has 1 unspecified atom stereocenters. The van der Waals surface area contributed by atoms with Crippen LogP contribution < -0.4 is 10.2 Å². The standard InChI is InChI=1S/C12H14N2O3/c1-14-10-5-3-2-4-8(10)6-7-9(11(14)15)13-12(16)17/h2-5,9,13H,6-7H2,1H3,(H,16,17). The molecule has 2 N–H and O–H groups in total. The Morgan fingerprint density at radius 3 is 2.88 bits per heavy atom. The summed E-state index contributed by atoms with van der Waals surface area (Å²) in [5.74, 6) is -0.211. The molecule has 1 atom stereocenters. The van der Waals surface area contributed by atoms with E-state index in [1.807, 2.05) is 24.3 Å². The van der Waals surface area contributed by atoms with Crippen LogP contribution in [-0.4, -0.2) is 30.2 Å². The Morgan fingerprint density at radius 1 is 1.47 bits per heavy atom. The molecule has 0 saturated carbocycles. The summed E-state index contributed by atoms with van der Waals surface area (Å²) < 4.78 is 0. The number of aryl methyl sites for hydroxylation is 1. The molecule has 0 fully saturated rings. The van der Waals surface area contributed by atoms with Crippen molar-refractivity contribution in [1.82, 2.24) is 5.32 Å². The van der Waals surface area contributed by atoms with E-state index >= 15 is 0 Å². The highest BCUT2D eigenvalue weighted by Gasteiger charge is 2.28. The van der Waals surface area contributed by atoms with Gasteiger partial charge in [0.05, 0.1) is 0 Å². The van der Waals surface area contributed by atoms with Gasteiger partial charge in [-0.3, -0.25) is 4.79 Å². The van der Waals surface area contributed by atoms with Crippen molar-refractivity contribution < 1.29 is 14.7 Å². The van der Waals surface area contributed by atoms with Gasteiger partial charge in [-0.1, -0.05) is 18.2 Å². The zero-order chi connectivity index (χ0) is 12.4. The van der Waals surface area contributed by atoms with E-state index in [-0.39, 0.29) is 5.91 Å². The number of hydrogen-bond acceptors (Lipinski definition) is 2. The van der Waals surface area contributed by atoms with Gasteiger partial charge in [0, 0.05) is 12.7 Å². The van der Waals surface area contributed by atoms with E-state index < -0.39 is 12.1 Å². The molecule has 90 valence electrons. The average molecular weight is 234 g/mol. The van der Waals surface area contributed by atoms with Gasteiger partial charge < -0.3 is 15.3 Å². The lowest BCUT2D eigenvalue weighted by molar-refractivity contribution is -0.120. The lowest BCUT2D eigenvalue weighted by Gasteiger charge is -2.21. The van der Waals surface area contributed by atoms with Crippen molar-refractivity contribution in [3.8, 4) is 0 Å².